The van der Waals surface area contributed by atoms with Gasteiger partial charge in [0.25, 0.3) is 0 Å². The van der Waals surface area contributed by atoms with Crippen LogP contribution in [0.15, 0.2) is 0 Å². The van der Waals surface area contributed by atoms with E-state index < -0.39 is 0 Å². The average Bonchev–Trinajstić information content (AvgIpc) is 2.19. The van der Waals surface area contributed by atoms with Gasteiger partial charge in [-0.3, -0.25) is 4.79 Å². The molecule has 0 aromatic carbocycles. The van der Waals surface area contributed by atoms with Crippen molar-refractivity contribution in [3.8, 4) is 0 Å². The molecule has 2 atom stereocenters. The largest absolute Gasteiger partial charge is 0.379 e. The predicted octanol–water partition coefficient (Wildman–Crippen LogP) is 0.409. The molecule has 0 aromatic heterocycles. The van der Waals surface area contributed by atoms with E-state index in [0.29, 0.717) is 13.0 Å². The van der Waals surface area contributed by atoms with Crippen molar-refractivity contribution in [2.75, 3.05) is 13.2 Å². The number of rotatable bonds is 4. The van der Waals surface area contributed by atoms with E-state index in [1.165, 1.54) is 0 Å². The first-order valence-electron chi connectivity index (χ1n) is 5.35. The smallest absolute Gasteiger partial charge is 0.221 e. The van der Waals surface area contributed by atoms with E-state index in [1.54, 1.807) is 0 Å². The molecule has 0 aromatic rings. The molecule has 3 N–H and O–H groups in total. The summed E-state index contributed by atoms with van der Waals surface area (Å²) < 4.78 is 5.27. The van der Waals surface area contributed by atoms with Crippen molar-refractivity contribution in [1.29, 1.82) is 0 Å². The summed E-state index contributed by atoms with van der Waals surface area (Å²) in [7, 11) is 0. The molecule has 82 valence electrons. The monoisotopic (exact) mass is 200 g/mol. The highest BCUT2D eigenvalue weighted by Crippen LogP contribution is 2.06. The van der Waals surface area contributed by atoms with Crippen molar-refractivity contribution in [3.63, 3.8) is 0 Å². The van der Waals surface area contributed by atoms with E-state index in [0.717, 1.165) is 25.9 Å². The molecule has 1 fully saturated rings. The highest BCUT2D eigenvalue weighted by molar-refractivity contribution is 5.76. The van der Waals surface area contributed by atoms with Gasteiger partial charge >= 0.3 is 0 Å². The SMILES string of the molecule is CCC(N)CC(=O)NC1CCCOC1. The van der Waals surface area contributed by atoms with Gasteiger partial charge in [0.05, 0.1) is 12.6 Å². The van der Waals surface area contributed by atoms with E-state index in [4.69, 9.17) is 10.5 Å². The summed E-state index contributed by atoms with van der Waals surface area (Å²) in [5, 5.41) is 2.94. The van der Waals surface area contributed by atoms with Gasteiger partial charge in [-0.25, -0.2) is 0 Å². The number of carbonyl (C=O) groups excluding carboxylic acids is 1. The lowest BCUT2D eigenvalue weighted by Gasteiger charge is -2.23. The van der Waals surface area contributed by atoms with Gasteiger partial charge in [-0.05, 0) is 19.3 Å². The minimum atomic E-state index is -0.0143. The fourth-order valence-corrected chi connectivity index (χ4v) is 1.52. The number of hydrogen-bond acceptors (Lipinski definition) is 3. The van der Waals surface area contributed by atoms with Crippen LogP contribution in [0.25, 0.3) is 0 Å². The van der Waals surface area contributed by atoms with Crippen LogP contribution in [0.3, 0.4) is 0 Å². The number of hydrogen-bond donors (Lipinski definition) is 2. The molecule has 0 saturated carbocycles. The first-order chi connectivity index (χ1) is 6.72. The predicted molar refractivity (Wildman–Crippen MR) is 54.9 cm³/mol. The summed E-state index contributed by atoms with van der Waals surface area (Å²) in [6, 6.07) is 0.180. The number of nitrogens with two attached hydrogens (primary N) is 1. The summed E-state index contributed by atoms with van der Waals surface area (Å²) in [5.41, 5.74) is 5.69. The highest BCUT2D eigenvalue weighted by Gasteiger charge is 2.16. The minimum absolute atomic E-state index is 0.0143. The molecule has 0 bridgehead atoms. The molecule has 1 heterocycles. The van der Waals surface area contributed by atoms with Crippen molar-refractivity contribution in [3.05, 3.63) is 0 Å². The Morgan fingerprint density at radius 3 is 3.07 bits per heavy atom. The van der Waals surface area contributed by atoms with Crippen LogP contribution in [0.2, 0.25) is 0 Å². The maximum Gasteiger partial charge on any atom is 0.221 e. The van der Waals surface area contributed by atoms with Crippen LogP contribution >= 0.6 is 0 Å². The second kappa shape index (κ2) is 5.98. The third kappa shape index (κ3) is 4.07. The molecule has 1 saturated heterocycles. The van der Waals surface area contributed by atoms with E-state index in [-0.39, 0.29) is 18.0 Å². The van der Waals surface area contributed by atoms with Crippen molar-refractivity contribution >= 4 is 5.91 Å². The van der Waals surface area contributed by atoms with E-state index in [2.05, 4.69) is 5.32 Å². The van der Waals surface area contributed by atoms with E-state index >= 15 is 0 Å². The van der Waals surface area contributed by atoms with E-state index in [1.807, 2.05) is 6.92 Å². The molecule has 1 aliphatic rings. The summed E-state index contributed by atoms with van der Waals surface area (Å²) >= 11 is 0. The molecule has 0 spiro atoms. The number of ether oxygens (including phenoxy) is 1. The number of amides is 1. The second-order valence-corrected chi connectivity index (χ2v) is 3.85. The van der Waals surface area contributed by atoms with Crippen molar-refractivity contribution in [2.45, 2.75) is 44.7 Å². The summed E-state index contributed by atoms with van der Waals surface area (Å²) in [6.07, 6.45) is 3.32. The third-order valence-corrected chi connectivity index (χ3v) is 2.50. The van der Waals surface area contributed by atoms with Crippen LogP contribution in [-0.2, 0) is 9.53 Å². The maximum atomic E-state index is 11.4. The standard InChI is InChI=1S/C10H20N2O2/c1-2-8(11)6-10(13)12-9-4-3-5-14-7-9/h8-9H,2-7,11H2,1H3,(H,12,13). The summed E-state index contributed by atoms with van der Waals surface area (Å²) in [5.74, 6) is 0.0508. The Hall–Kier alpha value is -0.610. The Kier molecular flexibility index (Phi) is 4.90. The highest BCUT2D eigenvalue weighted by atomic mass is 16.5. The third-order valence-electron chi connectivity index (χ3n) is 2.50. The zero-order chi connectivity index (χ0) is 10.4. The maximum absolute atomic E-state index is 11.4. The zero-order valence-corrected chi connectivity index (χ0v) is 8.79. The Bertz CT molecular complexity index is 179. The molecule has 1 rings (SSSR count). The summed E-state index contributed by atoms with van der Waals surface area (Å²) in [6.45, 7) is 3.45. The molecule has 1 amide bonds. The first kappa shape index (κ1) is 11.5. The zero-order valence-electron chi connectivity index (χ0n) is 8.79. The van der Waals surface area contributed by atoms with Crippen LogP contribution in [0.5, 0.6) is 0 Å². The average molecular weight is 200 g/mol. The Morgan fingerprint density at radius 1 is 1.71 bits per heavy atom. The van der Waals surface area contributed by atoms with Gasteiger partial charge in [-0.1, -0.05) is 6.92 Å². The van der Waals surface area contributed by atoms with Gasteiger partial charge in [0, 0.05) is 19.1 Å². The Balaban J connectivity index is 2.18. The Labute approximate surface area is 85.2 Å². The van der Waals surface area contributed by atoms with Gasteiger partial charge in [0.2, 0.25) is 5.91 Å². The minimum Gasteiger partial charge on any atom is -0.379 e. The van der Waals surface area contributed by atoms with Crippen LogP contribution in [-0.4, -0.2) is 31.2 Å². The molecule has 2 unspecified atom stereocenters. The van der Waals surface area contributed by atoms with Crippen molar-refractivity contribution < 1.29 is 9.53 Å². The van der Waals surface area contributed by atoms with Crippen molar-refractivity contribution in [2.24, 2.45) is 5.73 Å². The second-order valence-electron chi connectivity index (χ2n) is 3.85. The molecule has 4 nitrogen and oxygen atoms in total. The Morgan fingerprint density at radius 2 is 2.50 bits per heavy atom. The topological polar surface area (TPSA) is 64.4 Å². The summed E-state index contributed by atoms with van der Waals surface area (Å²) in [4.78, 5) is 11.4. The van der Waals surface area contributed by atoms with Crippen LogP contribution in [0.1, 0.15) is 32.6 Å². The lowest BCUT2D eigenvalue weighted by Crippen LogP contribution is -2.42. The molecule has 4 heteroatoms. The quantitative estimate of drug-likeness (QED) is 0.691. The molecule has 0 aliphatic carbocycles. The molecule has 0 radical (unpaired) electrons. The molecule has 14 heavy (non-hydrogen) atoms. The molecular weight excluding hydrogens is 180 g/mol. The first-order valence-corrected chi connectivity index (χ1v) is 5.35. The lowest BCUT2D eigenvalue weighted by atomic mass is 10.1. The molecular formula is C10H20N2O2. The van der Waals surface area contributed by atoms with Gasteiger partial charge in [0.15, 0.2) is 0 Å². The fourth-order valence-electron chi connectivity index (χ4n) is 1.52. The normalized spacial score (nSPS) is 24.3. The molecule has 1 aliphatic heterocycles. The number of nitrogens with one attached hydrogen (secondary N) is 1. The van der Waals surface area contributed by atoms with E-state index in [9.17, 15) is 4.79 Å². The van der Waals surface area contributed by atoms with Crippen molar-refractivity contribution in [1.82, 2.24) is 5.32 Å². The van der Waals surface area contributed by atoms with Crippen LogP contribution < -0.4 is 11.1 Å². The van der Waals surface area contributed by atoms with Gasteiger partial charge in [0.1, 0.15) is 0 Å². The number of carbonyl (C=O) groups is 1. The van der Waals surface area contributed by atoms with Gasteiger partial charge in [-0.2, -0.15) is 0 Å². The fraction of sp³-hybridized carbons (Fsp3) is 0.900. The van der Waals surface area contributed by atoms with Crippen LogP contribution in [0, 0.1) is 0 Å². The van der Waals surface area contributed by atoms with Crippen LogP contribution in [0.4, 0.5) is 0 Å². The van der Waals surface area contributed by atoms with Gasteiger partial charge in [-0.15, -0.1) is 0 Å². The van der Waals surface area contributed by atoms with Gasteiger partial charge < -0.3 is 15.8 Å². The lowest BCUT2D eigenvalue weighted by molar-refractivity contribution is -0.123.